The number of hydrogen-bond acceptors (Lipinski definition) is 2. The van der Waals surface area contributed by atoms with Crippen LogP contribution in [0.15, 0.2) is 18.2 Å². The van der Waals surface area contributed by atoms with Gasteiger partial charge in [0.1, 0.15) is 5.82 Å². The molecule has 3 rings (SSSR count). The fraction of sp³-hybridized carbons (Fsp3) is 0.500. The topological polar surface area (TPSA) is 29.9 Å². The molecule has 1 aliphatic carbocycles. The lowest BCUT2D eigenvalue weighted by Crippen LogP contribution is -2.16. The summed E-state index contributed by atoms with van der Waals surface area (Å²) in [5.74, 6) is 1.19. The highest BCUT2D eigenvalue weighted by atomic mass is 15.1. The van der Waals surface area contributed by atoms with Crippen molar-refractivity contribution in [3.05, 3.63) is 29.6 Å². The van der Waals surface area contributed by atoms with Crippen molar-refractivity contribution in [3.63, 3.8) is 0 Å². The largest absolute Gasteiger partial charge is 0.324 e. The molecule has 0 spiro atoms. The first-order chi connectivity index (χ1) is 8.29. The second-order valence-electron chi connectivity index (χ2n) is 4.90. The molecule has 1 aliphatic rings. The van der Waals surface area contributed by atoms with Crippen molar-refractivity contribution in [2.24, 2.45) is 0 Å². The summed E-state index contributed by atoms with van der Waals surface area (Å²) < 4.78 is 2.43. The van der Waals surface area contributed by atoms with Crippen LogP contribution in [0.4, 0.5) is 0 Å². The maximum Gasteiger partial charge on any atom is 0.124 e. The normalized spacial score (nSPS) is 15.6. The summed E-state index contributed by atoms with van der Waals surface area (Å²) in [6.45, 7) is 6.13. The lowest BCUT2D eigenvalue weighted by atomic mass is 10.2. The Labute approximate surface area is 102 Å². The monoisotopic (exact) mass is 229 g/mol. The van der Waals surface area contributed by atoms with E-state index in [1.807, 2.05) is 0 Å². The van der Waals surface area contributed by atoms with E-state index in [1.165, 1.54) is 29.7 Å². The smallest absolute Gasteiger partial charge is 0.124 e. The Morgan fingerprint density at radius 1 is 1.41 bits per heavy atom. The Balaban J connectivity index is 2.09. The van der Waals surface area contributed by atoms with E-state index in [-0.39, 0.29) is 0 Å². The molecule has 3 heteroatoms. The zero-order chi connectivity index (χ0) is 11.8. The van der Waals surface area contributed by atoms with Crippen molar-refractivity contribution >= 4 is 11.0 Å². The number of nitrogens with zero attached hydrogens (tertiary/aromatic N) is 2. The van der Waals surface area contributed by atoms with E-state index in [4.69, 9.17) is 4.98 Å². The second kappa shape index (κ2) is 4.15. The van der Waals surface area contributed by atoms with Crippen LogP contribution < -0.4 is 5.32 Å². The van der Waals surface area contributed by atoms with Gasteiger partial charge in [-0.2, -0.15) is 0 Å². The van der Waals surface area contributed by atoms with Gasteiger partial charge < -0.3 is 9.88 Å². The SMILES string of the molecule is CCNCc1nc2cc(C)ccc2n1C1CC1. The van der Waals surface area contributed by atoms with Crippen LogP contribution in [0, 0.1) is 6.92 Å². The minimum atomic E-state index is 0.691. The van der Waals surface area contributed by atoms with Gasteiger partial charge in [0.2, 0.25) is 0 Å². The fourth-order valence-electron chi connectivity index (χ4n) is 2.36. The summed E-state index contributed by atoms with van der Waals surface area (Å²) in [7, 11) is 0. The van der Waals surface area contributed by atoms with Crippen LogP contribution >= 0.6 is 0 Å². The third-order valence-electron chi connectivity index (χ3n) is 3.36. The lowest BCUT2D eigenvalue weighted by Gasteiger charge is -2.07. The molecule has 0 aliphatic heterocycles. The van der Waals surface area contributed by atoms with Gasteiger partial charge in [-0.3, -0.25) is 0 Å². The van der Waals surface area contributed by atoms with Crippen molar-refractivity contribution in [2.75, 3.05) is 6.54 Å². The van der Waals surface area contributed by atoms with Crippen LogP contribution in [-0.2, 0) is 6.54 Å². The third kappa shape index (κ3) is 1.95. The van der Waals surface area contributed by atoms with E-state index in [0.717, 1.165) is 18.6 Å². The van der Waals surface area contributed by atoms with Gasteiger partial charge in [0.25, 0.3) is 0 Å². The van der Waals surface area contributed by atoms with Gasteiger partial charge >= 0.3 is 0 Å². The highest BCUT2D eigenvalue weighted by Crippen LogP contribution is 2.38. The van der Waals surface area contributed by atoms with E-state index in [0.29, 0.717) is 6.04 Å². The van der Waals surface area contributed by atoms with Gasteiger partial charge in [0.15, 0.2) is 0 Å². The first-order valence-corrected chi connectivity index (χ1v) is 6.47. The summed E-state index contributed by atoms with van der Waals surface area (Å²) in [4.78, 5) is 4.77. The molecule has 0 saturated heterocycles. The van der Waals surface area contributed by atoms with E-state index < -0.39 is 0 Å². The minimum absolute atomic E-state index is 0.691. The predicted molar refractivity (Wildman–Crippen MR) is 70.1 cm³/mol. The molecule has 1 N–H and O–H groups in total. The van der Waals surface area contributed by atoms with Gasteiger partial charge in [-0.25, -0.2) is 4.98 Å². The predicted octanol–water partition coefficient (Wildman–Crippen LogP) is 2.79. The van der Waals surface area contributed by atoms with Crippen molar-refractivity contribution in [1.29, 1.82) is 0 Å². The minimum Gasteiger partial charge on any atom is -0.324 e. The molecule has 2 aromatic rings. The van der Waals surface area contributed by atoms with Crippen molar-refractivity contribution in [3.8, 4) is 0 Å². The molecular formula is C14H19N3. The molecule has 1 fully saturated rings. The molecule has 0 radical (unpaired) electrons. The molecule has 0 amide bonds. The van der Waals surface area contributed by atoms with Gasteiger partial charge in [-0.15, -0.1) is 0 Å². The molecule has 0 atom stereocenters. The van der Waals surface area contributed by atoms with Crippen LogP contribution in [0.5, 0.6) is 0 Å². The maximum absolute atomic E-state index is 4.77. The van der Waals surface area contributed by atoms with Crippen molar-refractivity contribution < 1.29 is 0 Å². The summed E-state index contributed by atoms with van der Waals surface area (Å²) in [6, 6.07) is 7.27. The number of hydrogen-bond donors (Lipinski definition) is 1. The van der Waals surface area contributed by atoms with Gasteiger partial charge in [0, 0.05) is 6.04 Å². The van der Waals surface area contributed by atoms with E-state index in [2.05, 4.69) is 41.9 Å². The van der Waals surface area contributed by atoms with Crippen LogP contribution in [0.1, 0.15) is 37.2 Å². The Morgan fingerprint density at radius 2 is 2.24 bits per heavy atom. The lowest BCUT2D eigenvalue weighted by molar-refractivity contribution is 0.630. The van der Waals surface area contributed by atoms with Crippen molar-refractivity contribution in [2.45, 2.75) is 39.3 Å². The second-order valence-corrected chi connectivity index (χ2v) is 4.90. The molecule has 1 aromatic carbocycles. The highest BCUT2D eigenvalue weighted by Gasteiger charge is 2.27. The maximum atomic E-state index is 4.77. The number of aryl methyl sites for hydroxylation is 1. The van der Waals surface area contributed by atoms with Crippen molar-refractivity contribution in [1.82, 2.24) is 14.9 Å². The standard InChI is InChI=1S/C14H19N3/c1-3-15-9-14-16-12-8-10(2)4-7-13(12)17(14)11-5-6-11/h4,7-8,11,15H,3,5-6,9H2,1-2H3. The molecule has 0 unspecified atom stereocenters. The van der Waals surface area contributed by atoms with E-state index >= 15 is 0 Å². The Morgan fingerprint density at radius 3 is 2.94 bits per heavy atom. The quantitative estimate of drug-likeness (QED) is 0.873. The number of aromatic nitrogens is 2. The summed E-state index contributed by atoms with van der Waals surface area (Å²) in [5.41, 5.74) is 3.73. The highest BCUT2D eigenvalue weighted by molar-refractivity contribution is 5.77. The van der Waals surface area contributed by atoms with Crippen LogP contribution in [0.2, 0.25) is 0 Å². The molecule has 90 valence electrons. The van der Waals surface area contributed by atoms with E-state index in [9.17, 15) is 0 Å². The summed E-state index contributed by atoms with van der Waals surface area (Å²) in [6.07, 6.45) is 2.61. The average molecular weight is 229 g/mol. The third-order valence-corrected chi connectivity index (χ3v) is 3.36. The Hall–Kier alpha value is -1.35. The number of nitrogens with one attached hydrogen (secondary N) is 1. The van der Waals surface area contributed by atoms with Crippen LogP contribution in [0.25, 0.3) is 11.0 Å². The number of fused-ring (bicyclic) bond motifs is 1. The van der Waals surface area contributed by atoms with Gasteiger partial charge in [-0.05, 0) is 44.0 Å². The molecule has 17 heavy (non-hydrogen) atoms. The number of benzene rings is 1. The molecule has 3 nitrogen and oxygen atoms in total. The summed E-state index contributed by atoms with van der Waals surface area (Å²) >= 11 is 0. The Kier molecular flexibility index (Phi) is 2.63. The fourth-order valence-corrected chi connectivity index (χ4v) is 2.36. The molecule has 1 saturated carbocycles. The first kappa shape index (κ1) is 10.8. The zero-order valence-electron chi connectivity index (χ0n) is 10.5. The molecule has 1 aromatic heterocycles. The zero-order valence-corrected chi connectivity index (χ0v) is 10.5. The van der Waals surface area contributed by atoms with Gasteiger partial charge in [-0.1, -0.05) is 13.0 Å². The summed E-state index contributed by atoms with van der Waals surface area (Å²) in [5, 5.41) is 3.38. The Bertz CT molecular complexity index is 538. The van der Waals surface area contributed by atoms with E-state index in [1.54, 1.807) is 0 Å². The van der Waals surface area contributed by atoms with Crippen LogP contribution in [0.3, 0.4) is 0 Å². The number of rotatable bonds is 4. The molecule has 1 heterocycles. The van der Waals surface area contributed by atoms with Crippen LogP contribution in [-0.4, -0.2) is 16.1 Å². The van der Waals surface area contributed by atoms with Gasteiger partial charge in [0.05, 0.1) is 17.6 Å². The average Bonchev–Trinajstić information content (AvgIpc) is 3.08. The molecular weight excluding hydrogens is 210 g/mol. The first-order valence-electron chi connectivity index (χ1n) is 6.47. The molecule has 0 bridgehead atoms. The number of imidazole rings is 1.